The molecule has 1 aliphatic heterocycles. The zero-order chi connectivity index (χ0) is 15.6. The summed E-state index contributed by atoms with van der Waals surface area (Å²) in [5.74, 6) is -0.735. The second kappa shape index (κ2) is 5.74. The Morgan fingerprint density at radius 2 is 2.24 bits per heavy atom. The Balaban J connectivity index is 2.67. The Bertz CT molecular complexity index is 706. The molecule has 1 aromatic rings. The molecule has 1 saturated heterocycles. The summed E-state index contributed by atoms with van der Waals surface area (Å²) in [7, 11) is -2.40. The first kappa shape index (κ1) is 15.3. The van der Waals surface area contributed by atoms with Crippen molar-refractivity contribution in [1.82, 2.24) is 0 Å². The van der Waals surface area contributed by atoms with Crippen molar-refractivity contribution in [2.75, 3.05) is 17.2 Å². The fraction of sp³-hybridized carbons (Fsp3) is 0.429. The van der Waals surface area contributed by atoms with E-state index in [1.807, 2.05) is 13.0 Å². The number of nitrogens with zero attached hydrogens (tertiary/aromatic N) is 2. The summed E-state index contributed by atoms with van der Waals surface area (Å²) in [5.41, 5.74) is 1.26. The molecule has 0 bridgehead atoms. The molecule has 1 aliphatic rings. The van der Waals surface area contributed by atoms with Gasteiger partial charge in [-0.15, -0.1) is 0 Å². The van der Waals surface area contributed by atoms with Crippen molar-refractivity contribution in [3.63, 3.8) is 0 Å². The number of hydrogen-bond donors (Lipinski definition) is 0. The number of esters is 1. The van der Waals surface area contributed by atoms with Gasteiger partial charge in [-0.1, -0.05) is 19.1 Å². The smallest absolute Gasteiger partial charge is 0.329 e. The van der Waals surface area contributed by atoms with Crippen LogP contribution in [0.2, 0.25) is 0 Å². The van der Waals surface area contributed by atoms with E-state index in [0.717, 1.165) is 4.31 Å². The lowest BCUT2D eigenvalue weighted by molar-refractivity contribution is -0.141. The van der Waals surface area contributed by atoms with E-state index in [4.69, 9.17) is 4.74 Å². The number of rotatable bonds is 3. The largest absolute Gasteiger partial charge is 0.467 e. The molecular formula is C14H16N2O4S. The molecule has 21 heavy (non-hydrogen) atoms. The van der Waals surface area contributed by atoms with Crippen LogP contribution in [0.5, 0.6) is 0 Å². The van der Waals surface area contributed by atoms with Gasteiger partial charge < -0.3 is 4.74 Å². The summed E-state index contributed by atoms with van der Waals surface area (Å²) in [6.45, 7) is 1.87. The first-order chi connectivity index (χ1) is 9.96. The Kier molecular flexibility index (Phi) is 4.19. The predicted octanol–water partition coefficient (Wildman–Crippen LogP) is 1.20. The van der Waals surface area contributed by atoms with Gasteiger partial charge >= 0.3 is 5.97 Å². The highest BCUT2D eigenvalue weighted by Crippen LogP contribution is 2.35. The van der Waals surface area contributed by atoms with Gasteiger partial charge in [0.2, 0.25) is 10.0 Å². The van der Waals surface area contributed by atoms with Crippen molar-refractivity contribution in [2.24, 2.45) is 0 Å². The number of para-hydroxylation sites is 1. The standard InChI is InChI=1S/C14H16N2O4S/c1-3-10-5-4-6-11(9-15)13(10)16-12(14(17)20-2)7-8-21(16,18)19/h4-6,12H,3,7-8H2,1-2H3/t12-/m0/s1. The maximum atomic E-state index is 12.3. The fourth-order valence-corrected chi connectivity index (χ4v) is 4.33. The molecule has 112 valence electrons. The molecule has 0 aromatic heterocycles. The van der Waals surface area contributed by atoms with Crippen molar-refractivity contribution in [1.29, 1.82) is 5.26 Å². The van der Waals surface area contributed by atoms with Gasteiger partial charge in [-0.05, 0) is 24.5 Å². The summed E-state index contributed by atoms with van der Waals surface area (Å²) in [4.78, 5) is 11.9. The Hall–Kier alpha value is -2.07. The number of carbonyl (C=O) groups is 1. The molecule has 1 heterocycles. The number of methoxy groups -OCH3 is 1. The molecule has 0 aliphatic carbocycles. The first-order valence-electron chi connectivity index (χ1n) is 6.58. The van der Waals surface area contributed by atoms with Gasteiger partial charge in [0.15, 0.2) is 0 Å². The molecule has 0 radical (unpaired) electrons. The van der Waals surface area contributed by atoms with Gasteiger partial charge in [-0.25, -0.2) is 13.2 Å². The molecule has 2 rings (SSSR count). The summed E-state index contributed by atoms with van der Waals surface area (Å²) < 4.78 is 30.4. The number of nitriles is 1. The third-order valence-electron chi connectivity index (χ3n) is 3.55. The van der Waals surface area contributed by atoms with Crippen molar-refractivity contribution < 1.29 is 17.9 Å². The molecule has 0 N–H and O–H groups in total. The van der Waals surface area contributed by atoms with E-state index < -0.39 is 22.0 Å². The number of benzene rings is 1. The highest BCUT2D eigenvalue weighted by atomic mass is 32.2. The quantitative estimate of drug-likeness (QED) is 0.783. The molecule has 0 saturated carbocycles. The minimum atomic E-state index is -3.63. The molecule has 7 heteroatoms. The maximum Gasteiger partial charge on any atom is 0.329 e. The molecule has 0 amide bonds. The highest BCUT2D eigenvalue weighted by Gasteiger charge is 2.44. The third kappa shape index (κ3) is 2.59. The van der Waals surface area contributed by atoms with Crippen molar-refractivity contribution in [3.8, 4) is 6.07 Å². The SMILES string of the molecule is CCc1cccc(C#N)c1N1[C@H](C(=O)OC)CCS1(=O)=O. The Labute approximate surface area is 124 Å². The van der Waals surface area contributed by atoms with E-state index in [0.29, 0.717) is 17.7 Å². The molecule has 1 aromatic carbocycles. The molecule has 0 unspecified atom stereocenters. The van der Waals surface area contributed by atoms with Gasteiger partial charge in [0.25, 0.3) is 0 Å². The zero-order valence-corrected chi connectivity index (χ0v) is 12.7. The number of carbonyl (C=O) groups excluding carboxylic acids is 1. The second-order valence-electron chi connectivity index (χ2n) is 4.72. The molecule has 1 atom stereocenters. The van der Waals surface area contributed by atoms with Crippen LogP contribution in [0.1, 0.15) is 24.5 Å². The van der Waals surface area contributed by atoms with Crippen LogP contribution in [0.15, 0.2) is 18.2 Å². The van der Waals surface area contributed by atoms with Gasteiger partial charge in [0.05, 0.1) is 24.1 Å². The van der Waals surface area contributed by atoms with E-state index in [1.165, 1.54) is 7.11 Å². The topological polar surface area (TPSA) is 87.5 Å². The number of hydrogen-bond acceptors (Lipinski definition) is 5. The third-order valence-corrected chi connectivity index (χ3v) is 5.33. The lowest BCUT2D eigenvalue weighted by atomic mass is 10.0. The fourth-order valence-electron chi connectivity index (χ4n) is 2.54. The van der Waals surface area contributed by atoms with Crippen molar-refractivity contribution in [2.45, 2.75) is 25.8 Å². The van der Waals surface area contributed by atoms with E-state index in [9.17, 15) is 18.5 Å². The normalized spacial score (nSPS) is 20.0. The van der Waals surface area contributed by atoms with Gasteiger partial charge in [-0.2, -0.15) is 5.26 Å². The number of ether oxygens (including phenoxy) is 1. The minimum absolute atomic E-state index is 0.129. The highest BCUT2D eigenvalue weighted by molar-refractivity contribution is 7.93. The number of sulfonamides is 1. The Morgan fingerprint density at radius 3 is 2.81 bits per heavy atom. The molecule has 6 nitrogen and oxygen atoms in total. The average Bonchev–Trinajstić information content (AvgIpc) is 2.80. The van der Waals surface area contributed by atoms with Gasteiger partial charge in [-0.3, -0.25) is 4.31 Å². The van der Waals surface area contributed by atoms with Crippen LogP contribution < -0.4 is 4.31 Å². The van der Waals surface area contributed by atoms with Crippen LogP contribution in [-0.4, -0.2) is 33.3 Å². The summed E-state index contributed by atoms with van der Waals surface area (Å²) in [5, 5.41) is 9.26. The summed E-state index contributed by atoms with van der Waals surface area (Å²) >= 11 is 0. The van der Waals surface area contributed by atoms with Crippen molar-refractivity contribution in [3.05, 3.63) is 29.3 Å². The number of aryl methyl sites for hydroxylation is 1. The molecular weight excluding hydrogens is 292 g/mol. The molecule has 0 spiro atoms. The number of anilines is 1. The van der Waals surface area contributed by atoms with Crippen LogP contribution in [0.4, 0.5) is 5.69 Å². The lowest BCUT2D eigenvalue weighted by Gasteiger charge is -2.26. The predicted molar refractivity (Wildman–Crippen MR) is 77.2 cm³/mol. The monoisotopic (exact) mass is 308 g/mol. The average molecular weight is 308 g/mol. The van der Waals surface area contributed by atoms with E-state index in [1.54, 1.807) is 18.2 Å². The lowest BCUT2D eigenvalue weighted by Crippen LogP contribution is -2.40. The minimum Gasteiger partial charge on any atom is -0.467 e. The van der Waals surface area contributed by atoms with Crippen LogP contribution in [0, 0.1) is 11.3 Å². The zero-order valence-electron chi connectivity index (χ0n) is 11.9. The van der Waals surface area contributed by atoms with Gasteiger partial charge in [0.1, 0.15) is 12.1 Å². The summed E-state index contributed by atoms with van der Waals surface area (Å²) in [6.07, 6.45) is 0.725. The Morgan fingerprint density at radius 1 is 1.52 bits per heavy atom. The van der Waals surface area contributed by atoms with E-state index >= 15 is 0 Å². The van der Waals surface area contributed by atoms with Gasteiger partial charge in [0, 0.05) is 0 Å². The maximum absolute atomic E-state index is 12.3. The van der Waals surface area contributed by atoms with Crippen LogP contribution in [-0.2, 0) is 26.0 Å². The van der Waals surface area contributed by atoms with E-state index in [-0.39, 0.29) is 17.7 Å². The molecule has 1 fully saturated rings. The van der Waals surface area contributed by atoms with Crippen LogP contribution in [0.3, 0.4) is 0 Å². The van der Waals surface area contributed by atoms with Crippen molar-refractivity contribution >= 4 is 21.7 Å². The first-order valence-corrected chi connectivity index (χ1v) is 8.19. The van der Waals surface area contributed by atoms with Crippen LogP contribution >= 0.6 is 0 Å². The second-order valence-corrected chi connectivity index (χ2v) is 6.68. The van der Waals surface area contributed by atoms with Crippen LogP contribution in [0.25, 0.3) is 0 Å². The summed E-state index contributed by atoms with van der Waals surface area (Å²) in [6, 6.07) is 6.12. The van der Waals surface area contributed by atoms with E-state index in [2.05, 4.69) is 0 Å².